The Labute approximate surface area is 144 Å². The van der Waals surface area contributed by atoms with E-state index in [4.69, 9.17) is 0 Å². The molecule has 130 valence electrons. The molecule has 0 N–H and O–H groups in total. The van der Waals surface area contributed by atoms with Crippen molar-refractivity contribution >= 4 is 22.5 Å². The molecule has 0 amide bonds. The van der Waals surface area contributed by atoms with E-state index in [1.807, 2.05) is 0 Å². The third-order valence-corrected chi connectivity index (χ3v) is 10.6. The average molecular weight is 364 g/mol. The van der Waals surface area contributed by atoms with Gasteiger partial charge in [-0.3, -0.25) is 0 Å². The first-order valence-electron chi connectivity index (χ1n) is 7.79. The quantitative estimate of drug-likeness (QED) is 0.443. The topological polar surface area (TPSA) is 0 Å². The third-order valence-electron chi connectivity index (χ3n) is 4.75. The fourth-order valence-corrected chi connectivity index (χ4v) is 8.32. The minimum absolute atomic E-state index is 0.00380. The molecule has 0 radical (unpaired) electrons. The fraction of sp³-hybridized carbons (Fsp3) is 0.100. The predicted molar refractivity (Wildman–Crippen MR) is 97.2 cm³/mol. The summed E-state index contributed by atoms with van der Waals surface area (Å²) in [4.78, 5) is 0. The van der Waals surface area contributed by atoms with Crippen LogP contribution in [0.5, 0.6) is 0 Å². The average Bonchev–Trinajstić information content (AvgIpc) is 2.65. The molecule has 0 fully saturated rings. The van der Waals surface area contributed by atoms with E-state index in [1.54, 1.807) is 18.2 Å². The number of alkyl halides is 4. The van der Waals surface area contributed by atoms with Gasteiger partial charge < -0.3 is 0 Å². The summed E-state index contributed by atoms with van der Waals surface area (Å²) in [6.07, 6.45) is -6.48. The van der Waals surface area contributed by atoms with Crippen LogP contribution in [-0.2, 0) is 0 Å². The normalized spacial score (nSPS) is 13.6. The molecule has 0 aliphatic heterocycles. The molecule has 0 aromatic heterocycles. The van der Waals surface area contributed by atoms with E-state index < -0.39 is 18.9 Å². The van der Waals surface area contributed by atoms with E-state index in [2.05, 4.69) is 0 Å². The van der Waals surface area contributed by atoms with E-state index in [9.17, 15) is 17.6 Å². The van der Waals surface area contributed by atoms with E-state index in [-0.39, 0.29) is 15.9 Å². The number of rotatable bonds is 5. The molecule has 0 spiro atoms. The number of benzene rings is 3. The Bertz CT molecular complexity index is 709. The van der Waals surface area contributed by atoms with Crippen LogP contribution < -0.4 is 15.9 Å². The molecular weight excluding hydrogens is 347 g/mol. The molecule has 25 heavy (non-hydrogen) atoms. The minimum atomic E-state index is -5.31. The SMILES string of the molecule is FC(F)P(c1ccccc1)(c1ccccc1)(c1ccccc1)C(F)F. The Morgan fingerprint density at radius 2 is 0.680 bits per heavy atom. The van der Waals surface area contributed by atoms with Crippen LogP contribution in [0.3, 0.4) is 0 Å². The molecule has 0 heterocycles. The van der Waals surface area contributed by atoms with E-state index in [0.717, 1.165) is 0 Å². The van der Waals surface area contributed by atoms with Crippen LogP contribution in [0.2, 0.25) is 0 Å². The Morgan fingerprint density at radius 3 is 0.880 bits per heavy atom. The van der Waals surface area contributed by atoms with Gasteiger partial charge in [0, 0.05) is 0 Å². The second-order valence-corrected chi connectivity index (χ2v) is 10.7. The van der Waals surface area contributed by atoms with Gasteiger partial charge in [0.05, 0.1) is 0 Å². The van der Waals surface area contributed by atoms with Crippen LogP contribution in [-0.4, -0.2) is 12.3 Å². The van der Waals surface area contributed by atoms with Crippen molar-refractivity contribution in [1.29, 1.82) is 0 Å². The molecule has 0 bridgehead atoms. The zero-order valence-corrected chi connectivity index (χ0v) is 14.2. The number of hydrogen-bond donors (Lipinski definition) is 0. The summed E-state index contributed by atoms with van der Waals surface area (Å²) < 4.78 is 59.6. The van der Waals surface area contributed by atoms with Crippen LogP contribution in [0.4, 0.5) is 17.6 Å². The first kappa shape index (κ1) is 17.6. The van der Waals surface area contributed by atoms with Gasteiger partial charge in [-0.2, -0.15) is 0 Å². The van der Waals surface area contributed by atoms with Gasteiger partial charge in [-0.1, -0.05) is 0 Å². The Morgan fingerprint density at radius 1 is 0.440 bits per heavy atom. The first-order valence-corrected chi connectivity index (χ1v) is 10.2. The Kier molecular flexibility index (Phi) is 4.66. The molecular formula is C20H17F4P. The van der Waals surface area contributed by atoms with Crippen molar-refractivity contribution in [1.82, 2.24) is 0 Å². The maximum absolute atomic E-state index is 14.9. The molecule has 5 heteroatoms. The number of hydrogen-bond acceptors (Lipinski definition) is 0. The van der Waals surface area contributed by atoms with Crippen LogP contribution in [0.25, 0.3) is 0 Å². The van der Waals surface area contributed by atoms with Gasteiger partial charge >= 0.3 is 143 Å². The molecule has 0 aliphatic carbocycles. The van der Waals surface area contributed by atoms with Gasteiger partial charge in [-0.25, -0.2) is 0 Å². The standard InChI is InChI=1S/C20H17F4P/c21-19(22)25(20(23)24,16-10-4-1-5-11-16,17-12-6-2-7-13-17)18-14-8-3-9-15-18/h1-15,19-20H. The van der Waals surface area contributed by atoms with Crippen molar-refractivity contribution in [2.45, 2.75) is 12.3 Å². The van der Waals surface area contributed by atoms with Crippen molar-refractivity contribution in [3.63, 3.8) is 0 Å². The zero-order valence-electron chi connectivity index (χ0n) is 13.3. The van der Waals surface area contributed by atoms with Crippen LogP contribution in [0, 0.1) is 0 Å². The summed E-state index contributed by atoms with van der Waals surface area (Å²) in [5.41, 5.74) is 0. The van der Waals surface area contributed by atoms with Crippen molar-refractivity contribution in [3.05, 3.63) is 91.0 Å². The molecule has 3 aromatic carbocycles. The number of halogens is 4. The molecule has 0 saturated carbocycles. The second kappa shape index (κ2) is 6.61. The van der Waals surface area contributed by atoms with Crippen molar-refractivity contribution < 1.29 is 17.6 Å². The van der Waals surface area contributed by atoms with Crippen LogP contribution >= 0.6 is 6.60 Å². The van der Waals surface area contributed by atoms with E-state index >= 15 is 0 Å². The summed E-state index contributed by atoms with van der Waals surface area (Å²) >= 11 is 0. The maximum atomic E-state index is 14.9. The van der Waals surface area contributed by atoms with Gasteiger partial charge in [0.1, 0.15) is 0 Å². The van der Waals surface area contributed by atoms with Gasteiger partial charge in [0.25, 0.3) is 0 Å². The van der Waals surface area contributed by atoms with Gasteiger partial charge in [-0.05, 0) is 0 Å². The molecule has 0 aliphatic rings. The van der Waals surface area contributed by atoms with Crippen molar-refractivity contribution in [3.8, 4) is 0 Å². The zero-order chi connectivity index (χ0) is 17.9. The molecule has 3 rings (SSSR count). The third kappa shape index (κ3) is 2.24. The van der Waals surface area contributed by atoms with Gasteiger partial charge in [0.2, 0.25) is 0 Å². The summed E-state index contributed by atoms with van der Waals surface area (Å²) in [6, 6.07) is 22.5. The molecule has 0 nitrogen and oxygen atoms in total. The second-order valence-electron chi connectivity index (χ2n) is 5.82. The first-order chi connectivity index (χ1) is 12.0. The molecule has 3 aromatic rings. The predicted octanol–water partition coefficient (Wildman–Crippen LogP) is 4.96. The van der Waals surface area contributed by atoms with Crippen LogP contribution in [0.15, 0.2) is 91.0 Å². The van der Waals surface area contributed by atoms with Gasteiger partial charge in [-0.15, -0.1) is 0 Å². The van der Waals surface area contributed by atoms with E-state index in [0.29, 0.717) is 0 Å². The monoisotopic (exact) mass is 364 g/mol. The summed E-state index contributed by atoms with van der Waals surface area (Å²) in [5.74, 6) is 0. The van der Waals surface area contributed by atoms with Crippen LogP contribution in [0.1, 0.15) is 0 Å². The molecule has 0 atom stereocenters. The summed E-state index contributed by atoms with van der Waals surface area (Å²) in [7, 11) is 0. The molecule has 0 unspecified atom stereocenters. The van der Waals surface area contributed by atoms with Crippen molar-refractivity contribution in [2.75, 3.05) is 0 Å². The van der Waals surface area contributed by atoms with Gasteiger partial charge in [0.15, 0.2) is 0 Å². The van der Waals surface area contributed by atoms with E-state index in [1.165, 1.54) is 72.8 Å². The fourth-order valence-electron chi connectivity index (χ4n) is 3.46. The molecule has 0 saturated heterocycles. The Balaban J connectivity index is 2.58. The summed E-state index contributed by atoms with van der Waals surface area (Å²) in [6.45, 7) is -5.31. The Hall–Kier alpha value is -2.19. The van der Waals surface area contributed by atoms with Crippen molar-refractivity contribution in [2.24, 2.45) is 0 Å². The summed E-state index contributed by atoms with van der Waals surface area (Å²) in [5, 5.41) is -0.0114.